The Morgan fingerprint density at radius 1 is 1.54 bits per heavy atom. The van der Waals surface area contributed by atoms with Gasteiger partial charge >= 0.3 is 5.69 Å². The van der Waals surface area contributed by atoms with Crippen LogP contribution in [0.3, 0.4) is 0 Å². The zero-order valence-corrected chi connectivity index (χ0v) is 9.19. The highest BCUT2D eigenvalue weighted by Gasteiger charge is 2.05. The van der Waals surface area contributed by atoms with Gasteiger partial charge in [0.25, 0.3) is 5.56 Å². The van der Waals surface area contributed by atoms with Crippen molar-refractivity contribution in [3.8, 4) is 0 Å². The lowest BCUT2D eigenvalue weighted by Gasteiger charge is -2.05. The minimum absolute atomic E-state index is 0.0440. The molecule has 1 heterocycles. The molecule has 0 fully saturated rings. The number of rotatable bonds is 2. The van der Waals surface area contributed by atoms with E-state index in [1.54, 1.807) is 7.05 Å². The third kappa shape index (κ3) is 1.99. The summed E-state index contributed by atoms with van der Waals surface area (Å²) in [6, 6.07) is 0. The molecule has 0 unspecified atom stereocenters. The van der Waals surface area contributed by atoms with Gasteiger partial charge in [0.05, 0.1) is 16.7 Å². The molecule has 1 aromatic heterocycles. The number of hydrogen-bond donors (Lipinski definition) is 1. The van der Waals surface area contributed by atoms with Crippen LogP contribution in [-0.4, -0.2) is 20.8 Å². The molecule has 0 aliphatic rings. The van der Waals surface area contributed by atoms with Crippen molar-refractivity contribution < 1.29 is 5.11 Å². The molecule has 6 heteroatoms. The van der Waals surface area contributed by atoms with Gasteiger partial charge < -0.3 is 9.67 Å². The van der Waals surface area contributed by atoms with Crippen molar-refractivity contribution >= 4 is 22.6 Å². The zero-order chi connectivity index (χ0) is 10.0. The van der Waals surface area contributed by atoms with E-state index in [0.29, 0.717) is 3.57 Å². The van der Waals surface area contributed by atoms with Gasteiger partial charge in [-0.1, -0.05) is 0 Å². The predicted molar refractivity (Wildman–Crippen MR) is 55.7 cm³/mol. The first kappa shape index (κ1) is 10.5. The average Bonchev–Trinajstić information content (AvgIpc) is 2.09. The SMILES string of the molecule is Cn1cc(I)c(=O)n(CCO)c1=O. The van der Waals surface area contributed by atoms with E-state index < -0.39 is 5.69 Å². The molecule has 5 nitrogen and oxygen atoms in total. The van der Waals surface area contributed by atoms with Gasteiger partial charge in [-0.2, -0.15) is 0 Å². The molecule has 1 N–H and O–H groups in total. The minimum atomic E-state index is -0.403. The van der Waals surface area contributed by atoms with Crippen molar-refractivity contribution in [1.29, 1.82) is 0 Å². The number of halogens is 1. The minimum Gasteiger partial charge on any atom is -0.395 e. The van der Waals surface area contributed by atoms with Crippen LogP contribution in [0.5, 0.6) is 0 Å². The smallest absolute Gasteiger partial charge is 0.330 e. The topological polar surface area (TPSA) is 64.2 Å². The van der Waals surface area contributed by atoms with E-state index in [4.69, 9.17) is 5.11 Å². The molecule has 0 aliphatic heterocycles. The van der Waals surface area contributed by atoms with Crippen molar-refractivity contribution in [2.75, 3.05) is 6.61 Å². The summed E-state index contributed by atoms with van der Waals surface area (Å²) in [6.07, 6.45) is 1.47. The van der Waals surface area contributed by atoms with Crippen molar-refractivity contribution in [2.24, 2.45) is 7.05 Å². The molecule has 1 rings (SSSR count). The normalized spacial score (nSPS) is 10.4. The third-order valence-corrected chi connectivity index (χ3v) is 2.35. The molecule has 0 aromatic carbocycles. The van der Waals surface area contributed by atoms with Crippen LogP contribution in [0.1, 0.15) is 0 Å². The van der Waals surface area contributed by atoms with E-state index in [2.05, 4.69) is 0 Å². The standard InChI is InChI=1S/C7H9IN2O3/c1-9-4-5(8)6(12)10(2-3-11)7(9)13/h4,11H,2-3H2,1H3. The molecule has 0 atom stereocenters. The van der Waals surface area contributed by atoms with Crippen LogP contribution in [0.15, 0.2) is 15.8 Å². The molecule has 0 bridgehead atoms. The van der Waals surface area contributed by atoms with Gasteiger partial charge in [-0.3, -0.25) is 9.36 Å². The van der Waals surface area contributed by atoms with Gasteiger partial charge in [0, 0.05) is 13.2 Å². The molecule has 13 heavy (non-hydrogen) atoms. The van der Waals surface area contributed by atoms with Gasteiger partial charge in [0.2, 0.25) is 0 Å². The summed E-state index contributed by atoms with van der Waals surface area (Å²) in [5.74, 6) is 0. The monoisotopic (exact) mass is 296 g/mol. The van der Waals surface area contributed by atoms with Crippen molar-refractivity contribution in [1.82, 2.24) is 9.13 Å². The fourth-order valence-corrected chi connectivity index (χ4v) is 1.69. The number of aromatic nitrogens is 2. The maximum atomic E-state index is 11.4. The summed E-state index contributed by atoms with van der Waals surface area (Å²) >= 11 is 1.86. The lowest BCUT2D eigenvalue weighted by molar-refractivity contribution is 0.270. The van der Waals surface area contributed by atoms with Gasteiger partial charge in [-0.05, 0) is 22.6 Å². The Balaban J connectivity index is 3.47. The number of hydrogen-bond acceptors (Lipinski definition) is 3. The summed E-state index contributed by atoms with van der Waals surface area (Å²) < 4.78 is 2.80. The molecule has 72 valence electrons. The fourth-order valence-electron chi connectivity index (χ4n) is 0.984. The Labute approximate surface area is 87.8 Å². The predicted octanol–water partition coefficient (Wildman–Crippen LogP) is -0.856. The first-order valence-corrected chi connectivity index (χ1v) is 4.72. The fraction of sp³-hybridized carbons (Fsp3) is 0.429. The number of aliphatic hydroxyl groups excluding tert-OH is 1. The summed E-state index contributed by atoms with van der Waals surface area (Å²) in [5, 5.41) is 8.64. The van der Waals surface area contributed by atoms with Crippen LogP contribution in [0, 0.1) is 3.57 Å². The molecule has 0 aliphatic carbocycles. The molecular formula is C7H9IN2O3. The molecule has 0 amide bonds. The average molecular weight is 296 g/mol. The Morgan fingerprint density at radius 3 is 2.69 bits per heavy atom. The molecular weight excluding hydrogens is 287 g/mol. The Morgan fingerprint density at radius 2 is 2.15 bits per heavy atom. The second-order valence-electron chi connectivity index (χ2n) is 2.55. The zero-order valence-electron chi connectivity index (χ0n) is 7.03. The number of aliphatic hydroxyl groups is 1. The van der Waals surface area contributed by atoms with E-state index in [-0.39, 0.29) is 18.7 Å². The van der Waals surface area contributed by atoms with Crippen LogP contribution >= 0.6 is 22.6 Å². The van der Waals surface area contributed by atoms with E-state index in [0.717, 1.165) is 4.57 Å². The summed E-state index contributed by atoms with van der Waals surface area (Å²) in [5.41, 5.74) is -0.753. The number of aryl methyl sites for hydroxylation is 1. The summed E-state index contributed by atoms with van der Waals surface area (Å²) in [4.78, 5) is 22.7. The maximum absolute atomic E-state index is 11.4. The van der Waals surface area contributed by atoms with Crippen LogP contribution in [0.4, 0.5) is 0 Å². The van der Waals surface area contributed by atoms with Crippen LogP contribution in [0.2, 0.25) is 0 Å². The van der Waals surface area contributed by atoms with Gasteiger partial charge in [-0.25, -0.2) is 4.79 Å². The van der Waals surface area contributed by atoms with Crippen LogP contribution in [0.25, 0.3) is 0 Å². The lowest BCUT2D eigenvalue weighted by atomic mass is 10.5. The Hall–Kier alpha value is -0.630. The van der Waals surface area contributed by atoms with Crippen molar-refractivity contribution in [3.05, 3.63) is 30.6 Å². The van der Waals surface area contributed by atoms with E-state index in [1.165, 1.54) is 10.8 Å². The first-order chi connectivity index (χ1) is 6.07. The van der Waals surface area contributed by atoms with Gasteiger partial charge in [0.1, 0.15) is 0 Å². The second-order valence-corrected chi connectivity index (χ2v) is 3.71. The molecule has 0 spiro atoms. The highest BCUT2D eigenvalue weighted by atomic mass is 127. The quantitative estimate of drug-likeness (QED) is 0.723. The Bertz CT molecular complexity index is 386. The van der Waals surface area contributed by atoms with Crippen molar-refractivity contribution in [2.45, 2.75) is 6.54 Å². The van der Waals surface area contributed by atoms with Crippen LogP contribution in [-0.2, 0) is 13.6 Å². The maximum Gasteiger partial charge on any atom is 0.330 e. The highest BCUT2D eigenvalue weighted by molar-refractivity contribution is 14.1. The summed E-state index contributed by atoms with van der Waals surface area (Å²) in [7, 11) is 1.57. The van der Waals surface area contributed by atoms with Crippen molar-refractivity contribution in [3.63, 3.8) is 0 Å². The molecule has 0 radical (unpaired) electrons. The van der Waals surface area contributed by atoms with E-state index >= 15 is 0 Å². The molecule has 1 aromatic rings. The van der Waals surface area contributed by atoms with E-state index in [1.807, 2.05) is 22.6 Å². The first-order valence-electron chi connectivity index (χ1n) is 3.64. The Kier molecular flexibility index (Phi) is 3.26. The molecule has 0 saturated carbocycles. The van der Waals surface area contributed by atoms with Crippen LogP contribution < -0.4 is 11.2 Å². The highest BCUT2D eigenvalue weighted by Crippen LogP contribution is 1.92. The molecule has 0 saturated heterocycles. The third-order valence-electron chi connectivity index (χ3n) is 1.61. The largest absolute Gasteiger partial charge is 0.395 e. The second kappa shape index (κ2) is 4.05. The summed E-state index contributed by atoms with van der Waals surface area (Å²) in [6.45, 7) is -0.169. The van der Waals surface area contributed by atoms with Gasteiger partial charge in [-0.15, -0.1) is 0 Å². The van der Waals surface area contributed by atoms with E-state index in [9.17, 15) is 9.59 Å². The lowest BCUT2D eigenvalue weighted by Crippen LogP contribution is -2.40. The van der Waals surface area contributed by atoms with Gasteiger partial charge in [0.15, 0.2) is 0 Å². The number of nitrogens with zero attached hydrogens (tertiary/aromatic N) is 2.